The normalized spacial score (nSPS) is 12.5. The van der Waals surface area contributed by atoms with Crippen molar-refractivity contribution >= 4 is 11.2 Å². The summed E-state index contributed by atoms with van der Waals surface area (Å²) in [7, 11) is 1.51. The molecule has 184 valence electrons. The van der Waals surface area contributed by atoms with E-state index in [1.165, 1.54) is 11.7 Å². The standard InChI is InChI=1S/C25H26N8O3/c1-14(2)22-26-23-20(24(34)27-25(35)33(23)15(3)36-4)32(22)13-16-9-11-17(12-10-16)18-7-5-6-8-19(18)21-28-30-31-29-21/h5-12,14-15H,13H2,1-4H3,(H,27,34,35)(H,28,29,30,31). The maximum atomic E-state index is 12.9. The van der Waals surface area contributed by atoms with E-state index in [1.807, 2.05) is 66.9 Å². The zero-order valence-electron chi connectivity index (χ0n) is 20.4. The lowest BCUT2D eigenvalue weighted by atomic mass is 9.98. The Morgan fingerprint density at radius 2 is 1.72 bits per heavy atom. The minimum absolute atomic E-state index is 0.0271. The van der Waals surface area contributed by atoms with Crippen LogP contribution in [0.1, 0.15) is 44.3 Å². The topological polar surface area (TPSA) is 136 Å². The van der Waals surface area contributed by atoms with Crippen molar-refractivity contribution in [1.82, 2.24) is 39.7 Å². The Bertz CT molecular complexity index is 1630. The quantitative estimate of drug-likeness (QED) is 0.361. The van der Waals surface area contributed by atoms with Crippen molar-refractivity contribution in [3.8, 4) is 22.5 Å². The summed E-state index contributed by atoms with van der Waals surface area (Å²) < 4.78 is 8.61. The predicted molar refractivity (Wildman–Crippen MR) is 135 cm³/mol. The molecule has 0 aliphatic heterocycles. The number of nitrogens with one attached hydrogen (secondary N) is 2. The highest BCUT2D eigenvalue weighted by atomic mass is 16.5. The van der Waals surface area contributed by atoms with Gasteiger partial charge in [-0.05, 0) is 28.8 Å². The van der Waals surface area contributed by atoms with Gasteiger partial charge in [-0.15, -0.1) is 10.2 Å². The molecule has 5 aromatic rings. The molecule has 2 aromatic carbocycles. The maximum absolute atomic E-state index is 12.9. The zero-order valence-corrected chi connectivity index (χ0v) is 20.4. The third-order valence-electron chi connectivity index (χ3n) is 6.20. The molecule has 0 fully saturated rings. The number of tetrazole rings is 1. The van der Waals surface area contributed by atoms with E-state index in [1.54, 1.807) is 6.92 Å². The fraction of sp³-hybridized carbons (Fsp3) is 0.280. The third-order valence-corrected chi connectivity index (χ3v) is 6.20. The predicted octanol–water partition coefficient (Wildman–Crippen LogP) is 3.07. The van der Waals surface area contributed by atoms with Crippen molar-refractivity contribution in [1.29, 1.82) is 0 Å². The van der Waals surface area contributed by atoms with Gasteiger partial charge in [-0.2, -0.15) is 5.21 Å². The van der Waals surface area contributed by atoms with Gasteiger partial charge in [0.2, 0.25) is 5.82 Å². The molecular weight excluding hydrogens is 460 g/mol. The van der Waals surface area contributed by atoms with Crippen LogP contribution in [0.25, 0.3) is 33.7 Å². The number of H-pyrrole nitrogens is 2. The Kier molecular flexibility index (Phi) is 6.06. The van der Waals surface area contributed by atoms with Crippen LogP contribution in [0.15, 0.2) is 58.1 Å². The second-order valence-corrected chi connectivity index (χ2v) is 8.83. The Hall–Kier alpha value is -4.38. The first-order chi connectivity index (χ1) is 17.4. The number of imidazole rings is 1. The minimum Gasteiger partial charge on any atom is -0.361 e. The highest BCUT2D eigenvalue weighted by Crippen LogP contribution is 2.30. The van der Waals surface area contributed by atoms with E-state index >= 15 is 0 Å². The van der Waals surface area contributed by atoms with E-state index in [2.05, 4.69) is 25.6 Å². The second-order valence-electron chi connectivity index (χ2n) is 8.83. The number of hydrogen-bond acceptors (Lipinski definition) is 7. The van der Waals surface area contributed by atoms with Gasteiger partial charge in [-0.3, -0.25) is 9.78 Å². The van der Waals surface area contributed by atoms with Gasteiger partial charge in [-0.1, -0.05) is 62.4 Å². The van der Waals surface area contributed by atoms with Crippen LogP contribution in [0.5, 0.6) is 0 Å². The maximum Gasteiger partial charge on any atom is 0.332 e. The monoisotopic (exact) mass is 486 g/mol. The van der Waals surface area contributed by atoms with Gasteiger partial charge >= 0.3 is 5.69 Å². The molecular formula is C25H26N8O3. The molecule has 3 heterocycles. The third kappa shape index (κ3) is 4.03. The van der Waals surface area contributed by atoms with Crippen LogP contribution in [0.4, 0.5) is 0 Å². The van der Waals surface area contributed by atoms with E-state index < -0.39 is 17.5 Å². The summed E-state index contributed by atoms with van der Waals surface area (Å²) in [6.07, 6.45) is -0.584. The Morgan fingerprint density at radius 3 is 2.36 bits per heavy atom. The van der Waals surface area contributed by atoms with Gasteiger partial charge in [0.15, 0.2) is 11.2 Å². The lowest BCUT2D eigenvalue weighted by molar-refractivity contribution is 0.0597. The lowest BCUT2D eigenvalue weighted by Gasteiger charge is -2.14. The number of aromatic nitrogens is 8. The molecule has 0 radical (unpaired) electrons. The number of hydrogen-bond donors (Lipinski definition) is 2. The average molecular weight is 487 g/mol. The molecule has 0 bridgehead atoms. The van der Waals surface area contributed by atoms with E-state index in [0.29, 0.717) is 29.4 Å². The fourth-order valence-corrected chi connectivity index (χ4v) is 4.38. The molecule has 36 heavy (non-hydrogen) atoms. The number of fused-ring (bicyclic) bond motifs is 1. The molecule has 0 spiro atoms. The summed E-state index contributed by atoms with van der Waals surface area (Å²) in [6.45, 7) is 6.16. The van der Waals surface area contributed by atoms with Crippen molar-refractivity contribution in [2.24, 2.45) is 0 Å². The Balaban J connectivity index is 1.57. The summed E-state index contributed by atoms with van der Waals surface area (Å²) in [5.41, 5.74) is 3.47. The van der Waals surface area contributed by atoms with Gasteiger partial charge in [0.25, 0.3) is 5.56 Å². The van der Waals surface area contributed by atoms with E-state index in [-0.39, 0.29) is 5.92 Å². The molecule has 3 aromatic heterocycles. The van der Waals surface area contributed by atoms with Crippen LogP contribution in [0.3, 0.4) is 0 Å². The van der Waals surface area contributed by atoms with E-state index in [0.717, 1.165) is 22.3 Å². The molecule has 0 saturated carbocycles. The number of rotatable bonds is 7. The van der Waals surface area contributed by atoms with Crippen LogP contribution in [0.2, 0.25) is 0 Å². The van der Waals surface area contributed by atoms with Crippen LogP contribution in [-0.4, -0.2) is 46.8 Å². The van der Waals surface area contributed by atoms with Crippen molar-refractivity contribution in [3.63, 3.8) is 0 Å². The summed E-state index contributed by atoms with van der Waals surface area (Å²) >= 11 is 0. The first-order valence-corrected chi connectivity index (χ1v) is 11.6. The van der Waals surface area contributed by atoms with Crippen molar-refractivity contribution in [3.05, 3.63) is 80.8 Å². The Labute approximate surface area is 205 Å². The number of methoxy groups -OCH3 is 1. The number of nitrogens with zero attached hydrogens (tertiary/aromatic N) is 6. The zero-order chi connectivity index (χ0) is 25.4. The summed E-state index contributed by atoms with van der Waals surface area (Å²) in [5, 5.41) is 14.4. The van der Waals surface area contributed by atoms with Crippen LogP contribution in [-0.2, 0) is 11.3 Å². The summed E-state index contributed by atoms with van der Waals surface area (Å²) in [6, 6.07) is 15.9. The van der Waals surface area contributed by atoms with Crippen molar-refractivity contribution in [2.45, 2.75) is 39.5 Å². The summed E-state index contributed by atoms with van der Waals surface area (Å²) in [4.78, 5) is 32.6. The smallest absolute Gasteiger partial charge is 0.332 e. The molecule has 5 rings (SSSR count). The highest BCUT2D eigenvalue weighted by Gasteiger charge is 2.22. The SMILES string of the molecule is COC(C)n1c(=O)[nH]c(=O)c2c1nc(C(C)C)n2Cc1ccc(-c2ccccc2-c2nn[nH]n2)cc1. The van der Waals surface area contributed by atoms with Gasteiger partial charge in [0, 0.05) is 25.1 Å². The molecule has 0 aliphatic rings. The second kappa shape index (κ2) is 9.34. The van der Waals surface area contributed by atoms with Gasteiger partial charge in [-0.25, -0.2) is 14.3 Å². The van der Waals surface area contributed by atoms with E-state index in [4.69, 9.17) is 9.72 Å². The first-order valence-electron chi connectivity index (χ1n) is 11.6. The van der Waals surface area contributed by atoms with Crippen LogP contribution < -0.4 is 11.2 Å². The molecule has 0 saturated heterocycles. The number of aromatic amines is 2. The Morgan fingerprint density at radius 1 is 1.00 bits per heavy atom. The number of benzene rings is 2. The summed E-state index contributed by atoms with van der Waals surface area (Å²) in [5.74, 6) is 1.26. The molecule has 0 amide bonds. The molecule has 2 N–H and O–H groups in total. The molecule has 0 aliphatic carbocycles. The average Bonchev–Trinajstić information content (AvgIpc) is 3.53. The fourth-order valence-electron chi connectivity index (χ4n) is 4.38. The molecule has 11 heteroatoms. The molecule has 11 nitrogen and oxygen atoms in total. The van der Waals surface area contributed by atoms with Crippen LogP contribution in [0, 0.1) is 0 Å². The van der Waals surface area contributed by atoms with Gasteiger partial charge < -0.3 is 9.30 Å². The number of ether oxygens (including phenoxy) is 1. The minimum atomic E-state index is -0.584. The molecule has 1 unspecified atom stereocenters. The first kappa shape index (κ1) is 23.4. The van der Waals surface area contributed by atoms with Crippen molar-refractivity contribution in [2.75, 3.05) is 7.11 Å². The molecule has 1 atom stereocenters. The van der Waals surface area contributed by atoms with Crippen molar-refractivity contribution < 1.29 is 4.74 Å². The van der Waals surface area contributed by atoms with E-state index in [9.17, 15) is 9.59 Å². The van der Waals surface area contributed by atoms with Gasteiger partial charge in [0.05, 0.1) is 0 Å². The van der Waals surface area contributed by atoms with Gasteiger partial charge in [0.1, 0.15) is 12.1 Å². The van der Waals surface area contributed by atoms with Crippen LogP contribution >= 0.6 is 0 Å². The highest BCUT2D eigenvalue weighted by molar-refractivity contribution is 5.80. The lowest BCUT2D eigenvalue weighted by Crippen LogP contribution is -2.33. The largest absolute Gasteiger partial charge is 0.361 e.